The Bertz CT molecular complexity index is 786. The van der Waals surface area contributed by atoms with Crippen molar-refractivity contribution in [2.45, 2.75) is 31.2 Å². The normalized spacial score (nSPS) is 19.6. The fourth-order valence-corrected chi connectivity index (χ4v) is 4.44. The fraction of sp³-hybridized carbons (Fsp3) is 0.696. The average Bonchev–Trinajstić information content (AvgIpc) is 2.82. The van der Waals surface area contributed by atoms with Crippen LogP contribution in [0.1, 0.15) is 18.9 Å². The summed E-state index contributed by atoms with van der Waals surface area (Å²) in [5, 5.41) is 0. The van der Waals surface area contributed by atoms with E-state index in [-0.39, 0.29) is 10.8 Å². The van der Waals surface area contributed by atoms with Crippen LogP contribution in [0.3, 0.4) is 0 Å². The van der Waals surface area contributed by atoms with Crippen molar-refractivity contribution in [1.29, 1.82) is 0 Å². The summed E-state index contributed by atoms with van der Waals surface area (Å²) >= 11 is 0. The first-order chi connectivity index (χ1) is 16.4. The molecular formula is C23H38N2O8S. The van der Waals surface area contributed by atoms with Gasteiger partial charge in [-0.25, -0.2) is 8.42 Å². The van der Waals surface area contributed by atoms with Crippen LogP contribution >= 0.6 is 0 Å². The van der Waals surface area contributed by atoms with E-state index in [1.54, 1.807) is 24.0 Å². The van der Waals surface area contributed by atoms with E-state index in [4.69, 9.17) is 23.7 Å². The molecule has 11 heteroatoms. The number of carbonyl (C=O) groups excluding carboxylic acids is 1. The number of nitrogens with zero attached hydrogens (tertiary/aromatic N) is 1. The van der Waals surface area contributed by atoms with Crippen molar-refractivity contribution in [3.05, 3.63) is 29.8 Å². The van der Waals surface area contributed by atoms with Crippen LogP contribution in [-0.4, -0.2) is 104 Å². The van der Waals surface area contributed by atoms with Crippen LogP contribution in [0.15, 0.2) is 29.2 Å². The third kappa shape index (κ3) is 10.8. The monoisotopic (exact) mass is 502 g/mol. The Morgan fingerprint density at radius 2 is 1.24 bits per heavy atom. The molecule has 0 bridgehead atoms. The lowest BCUT2D eigenvalue weighted by Gasteiger charge is -2.27. The van der Waals surface area contributed by atoms with E-state index < -0.39 is 16.1 Å². The minimum atomic E-state index is -3.84. The lowest BCUT2D eigenvalue weighted by molar-refractivity contribution is -0.134. The Morgan fingerprint density at radius 3 is 1.65 bits per heavy atom. The van der Waals surface area contributed by atoms with Crippen molar-refractivity contribution in [2.75, 3.05) is 79.2 Å². The number of ether oxygens (including phenoxy) is 5. The third-order valence-electron chi connectivity index (χ3n) is 5.15. The highest BCUT2D eigenvalue weighted by Crippen LogP contribution is 2.12. The summed E-state index contributed by atoms with van der Waals surface area (Å²) in [5.74, 6) is -0.315. The minimum Gasteiger partial charge on any atom is -0.377 e. The Hall–Kier alpha value is -1.60. The number of hydrogen-bond acceptors (Lipinski definition) is 8. The van der Waals surface area contributed by atoms with Crippen molar-refractivity contribution in [2.24, 2.45) is 0 Å². The lowest BCUT2D eigenvalue weighted by Crippen LogP contribution is -2.50. The molecule has 0 saturated carbocycles. The first kappa shape index (κ1) is 28.6. The Morgan fingerprint density at radius 1 is 0.824 bits per heavy atom. The van der Waals surface area contributed by atoms with Crippen molar-refractivity contribution in [1.82, 2.24) is 9.62 Å². The molecule has 0 spiro atoms. The molecule has 1 N–H and O–H groups in total. The molecule has 10 nitrogen and oxygen atoms in total. The van der Waals surface area contributed by atoms with Crippen LogP contribution in [0.2, 0.25) is 0 Å². The molecular weight excluding hydrogens is 464 g/mol. The molecule has 34 heavy (non-hydrogen) atoms. The molecule has 2 rings (SSSR count). The molecule has 194 valence electrons. The van der Waals surface area contributed by atoms with E-state index >= 15 is 0 Å². The number of carbonyl (C=O) groups is 1. The summed E-state index contributed by atoms with van der Waals surface area (Å²) < 4.78 is 55.7. The molecule has 1 aromatic carbocycles. The highest BCUT2D eigenvalue weighted by molar-refractivity contribution is 7.89. The summed E-state index contributed by atoms with van der Waals surface area (Å²) in [6.45, 7) is 8.40. The van der Waals surface area contributed by atoms with Gasteiger partial charge in [0.25, 0.3) is 0 Å². The number of hydrogen-bond donors (Lipinski definition) is 1. The standard InChI is InChI=1S/C23H38N2O8S/c1-3-22(24-34(27,28)21-6-4-20(2)5-7-21)23(26)25-8-10-29-12-14-31-16-18-33-19-17-32-15-13-30-11-9-25/h4-7,22,24H,3,8-19H2,1-2H3/t22-/m0/s1. The zero-order chi connectivity index (χ0) is 24.7. The third-order valence-corrected chi connectivity index (χ3v) is 6.63. The van der Waals surface area contributed by atoms with E-state index in [2.05, 4.69) is 4.72 Å². The predicted octanol–water partition coefficient (Wildman–Crippen LogP) is 0.977. The number of sulfonamides is 1. The Balaban J connectivity index is 1.97. The summed E-state index contributed by atoms with van der Waals surface area (Å²) in [7, 11) is -3.84. The Labute approximate surface area is 202 Å². The van der Waals surface area contributed by atoms with Gasteiger partial charge < -0.3 is 28.6 Å². The van der Waals surface area contributed by atoms with Crippen LogP contribution in [0.4, 0.5) is 0 Å². The van der Waals surface area contributed by atoms with Gasteiger partial charge in [0.2, 0.25) is 15.9 Å². The molecule has 1 aromatic rings. The second kappa shape index (κ2) is 16.1. The second-order valence-electron chi connectivity index (χ2n) is 7.78. The van der Waals surface area contributed by atoms with Crippen molar-refractivity contribution in [3.63, 3.8) is 0 Å². The van der Waals surface area contributed by atoms with Gasteiger partial charge in [-0.1, -0.05) is 24.6 Å². The molecule has 0 unspecified atom stereocenters. The molecule has 1 atom stereocenters. The zero-order valence-corrected chi connectivity index (χ0v) is 21.0. The highest BCUT2D eigenvalue weighted by Gasteiger charge is 2.28. The maximum Gasteiger partial charge on any atom is 0.241 e. The van der Waals surface area contributed by atoms with Gasteiger partial charge in [0.1, 0.15) is 6.04 Å². The second-order valence-corrected chi connectivity index (χ2v) is 9.50. The van der Waals surface area contributed by atoms with E-state index in [1.807, 2.05) is 6.92 Å². The van der Waals surface area contributed by atoms with Crippen LogP contribution in [-0.2, 0) is 38.5 Å². The van der Waals surface area contributed by atoms with Crippen molar-refractivity contribution in [3.8, 4) is 0 Å². The molecule has 1 aliphatic rings. The maximum absolute atomic E-state index is 13.2. The summed E-state index contributed by atoms with van der Waals surface area (Å²) in [4.78, 5) is 14.9. The SMILES string of the molecule is CC[C@H](NS(=O)(=O)c1ccc(C)cc1)C(=O)N1CCOCCOCCOCCOCCOCC1. The van der Waals surface area contributed by atoms with Crippen molar-refractivity contribution >= 4 is 15.9 Å². The first-order valence-corrected chi connectivity index (χ1v) is 13.2. The van der Waals surface area contributed by atoms with Crippen LogP contribution in [0, 0.1) is 6.92 Å². The van der Waals surface area contributed by atoms with Gasteiger partial charge in [-0.05, 0) is 25.5 Å². The number of nitrogens with one attached hydrogen (secondary N) is 1. The van der Waals surface area contributed by atoms with Gasteiger partial charge >= 0.3 is 0 Å². The largest absolute Gasteiger partial charge is 0.377 e. The number of aryl methyl sites for hydroxylation is 1. The van der Waals surface area contributed by atoms with Crippen molar-refractivity contribution < 1.29 is 36.9 Å². The first-order valence-electron chi connectivity index (χ1n) is 11.7. The molecule has 1 heterocycles. The molecule has 1 saturated heterocycles. The van der Waals surface area contributed by atoms with Crippen LogP contribution < -0.4 is 4.72 Å². The molecule has 1 amide bonds. The molecule has 0 radical (unpaired) electrons. The maximum atomic E-state index is 13.2. The Kier molecular flexibility index (Phi) is 13.6. The molecule has 0 aromatic heterocycles. The van der Waals surface area contributed by atoms with Gasteiger partial charge in [0.15, 0.2) is 0 Å². The minimum absolute atomic E-state index is 0.126. The molecule has 0 aliphatic carbocycles. The van der Waals surface area contributed by atoms with Gasteiger partial charge in [-0.2, -0.15) is 4.72 Å². The van der Waals surface area contributed by atoms with Gasteiger partial charge in [0.05, 0.1) is 71.0 Å². The fourth-order valence-electron chi connectivity index (χ4n) is 3.16. The van der Waals surface area contributed by atoms with E-state index in [9.17, 15) is 13.2 Å². The van der Waals surface area contributed by atoms with Gasteiger partial charge in [-0.15, -0.1) is 0 Å². The topological polar surface area (TPSA) is 113 Å². The summed E-state index contributed by atoms with van der Waals surface area (Å²) in [5.41, 5.74) is 0.953. The number of benzene rings is 1. The van der Waals surface area contributed by atoms with Gasteiger partial charge in [-0.3, -0.25) is 4.79 Å². The van der Waals surface area contributed by atoms with E-state index in [1.165, 1.54) is 12.1 Å². The van der Waals surface area contributed by atoms with Crippen LogP contribution in [0.5, 0.6) is 0 Å². The quantitative estimate of drug-likeness (QED) is 0.634. The van der Waals surface area contributed by atoms with E-state index in [0.717, 1.165) is 5.56 Å². The zero-order valence-electron chi connectivity index (χ0n) is 20.2. The predicted molar refractivity (Wildman–Crippen MR) is 126 cm³/mol. The average molecular weight is 503 g/mol. The summed E-state index contributed by atoms with van der Waals surface area (Å²) in [6, 6.07) is 5.62. The summed E-state index contributed by atoms with van der Waals surface area (Å²) in [6.07, 6.45) is 0.311. The lowest BCUT2D eigenvalue weighted by atomic mass is 10.2. The number of rotatable bonds is 5. The smallest absolute Gasteiger partial charge is 0.241 e. The van der Waals surface area contributed by atoms with Crippen LogP contribution in [0.25, 0.3) is 0 Å². The molecule has 1 aliphatic heterocycles. The molecule has 1 fully saturated rings. The van der Waals surface area contributed by atoms with Gasteiger partial charge in [0, 0.05) is 13.1 Å². The number of amides is 1. The highest BCUT2D eigenvalue weighted by atomic mass is 32.2. The van der Waals surface area contributed by atoms with E-state index in [0.29, 0.717) is 85.6 Å².